The fraction of sp³-hybridized carbons (Fsp3) is 0.500. The van der Waals surface area contributed by atoms with Gasteiger partial charge in [-0.2, -0.15) is 0 Å². The smallest absolute Gasteiger partial charge is 0.408 e. The third-order valence-corrected chi connectivity index (χ3v) is 6.69. The third-order valence-electron chi connectivity index (χ3n) is 6.69. The summed E-state index contributed by atoms with van der Waals surface area (Å²) in [7, 11) is 2.88. The van der Waals surface area contributed by atoms with Gasteiger partial charge in [-0.15, -0.1) is 0 Å². The van der Waals surface area contributed by atoms with Gasteiger partial charge in [0.1, 0.15) is 23.3 Å². The van der Waals surface area contributed by atoms with Crippen LogP contribution in [0.4, 0.5) is 4.79 Å². The zero-order chi connectivity index (χ0) is 28.1. The predicted molar refractivity (Wildman–Crippen MR) is 145 cm³/mol. The van der Waals surface area contributed by atoms with Crippen LogP contribution in [0.3, 0.4) is 0 Å². The van der Waals surface area contributed by atoms with Crippen LogP contribution in [0.25, 0.3) is 11.1 Å². The number of carbonyl (C=O) groups is 3. The van der Waals surface area contributed by atoms with Gasteiger partial charge in [0.25, 0.3) is 0 Å². The van der Waals surface area contributed by atoms with E-state index in [-0.39, 0.29) is 24.8 Å². The summed E-state index contributed by atoms with van der Waals surface area (Å²) >= 11 is 0. The van der Waals surface area contributed by atoms with E-state index in [0.717, 1.165) is 16.7 Å². The molecule has 38 heavy (non-hydrogen) atoms. The van der Waals surface area contributed by atoms with E-state index in [0.29, 0.717) is 6.42 Å². The van der Waals surface area contributed by atoms with Crippen molar-refractivity contribution in [3.63, 3.8) is 0 Å². The van der Waals surface area contributed by atoms with Gasteiger partial charge in [-0.05, 0) is 49.8 Å². The highest BCUT2D eigenvalue weighted by atomic mass is 16.6. The van der Waals surface area contributed by atoms with Gasteiger partial charge in [-0.25, -0.2) is 9.59 Å². The summed E-state index contributed by atoms with van der Waals surface area (Å²) in [6, 6.07) is 16.2. The van der Waals surface area contributed by atoms with Crippen LogP contribution in [-0.4, -0.2) is 61.3 Å². The van der Waals surface area contributed by atoms with Gasteiger partial charge in [0.15, 0.2) is 0 Å². The van der Waals surface area contributed by atoms with Crippen LogP contribution in [0.5, 0.6) is 0 Å². The lowest BCUT2D eigenvalue weighted by molar-refractivity contribution is -0.151. The number of esters is 1. The molecule has 8 nitrogen and oxygen atoms in total. The number of benzene rings is 2. The monoisotopic (exact) mass is 524 g/mol. The van der Waals surface area contributed by atoms with Crippen LogP contribution < -0.4 is 5.32 Å². The number of alkyl carbamates (subject to hydrolysis) is 1. The maximum absolute atomic E-state index is 13.9. The lowest BCUT2D eigenvalue weighted by atomic mass is 9.89. The molecule has 2 amide bonds. The van der Waals surface area contributed by atoms with Crippen molar-refractivity contribution in [3.8, 4) is 11.1 Å². The highest BCUT2D eigenvalue weighted by molar-refractivity contribution is 5.90. The first-order valence-electron chi connectivity index (χ1n) is 13.0. The van der Waals surface area contributed by atoms with Crippen LogP contribution in [-0.2, 0) is 29.4 Å². The Balaban J connectivity index is 1.92. The van der Waals surface area contributed by atoms with E-state index in [4.69, 9.17) is 14.2 Å². The van der Waals surface area contributed by atoms with E-state index in [9.17, 15) is 14.4 Å². The van der Waals surface area contributed by atoms with Crippen LogP contribution in [0.2, 0.25) is 0 Å². The number of nitrogens with zero attached hydrogens (tertiary/aromatic N) is 1. The molecule has 206 valence electrons. The van der Waals surface area contributed by atoms with Gasteiger partial charge in [0.05, 0.1) is 13.7 Å². The van der Waals surface area contributed by atoms with Crippen molar-refractivity contribution in [2.45, 2.75) is 70.7 Å². The number of ether oxygens (including phenoxy) is 3. The minimum Gasteiger partial charge on any atom is -0.467 e. The molecule has 0 bridgehead atoms. The lowest BCUT2D eigenvalue weighted by Gasteiger charge is -2.31. The molecule has 1 saturated heterocycles. The minimum absolute atomic E-state index is 0.107. The molecule has 0 spiro atoms. The fourth-order valence-corrected chi connectivity index (χ4v) is 4.87. The number of hydrogen-bond donors (Lipinski definition) is 1. The van der Waals surface area contributed by atoms with Crippen LogP contribution in [0.1, 0.15) is 53.0 Å². The molecule has 1 unspecified atom stereocenters. The molecule has 1 N–H and O–H groups in total. The van der Waals surface area contributed by atoms with Crippen LogP contribution in [0, 0.1) is 5.92 Å². The number of rotatable bonds is 8. The zero-order valence-corrected chi connectivity index (χ0v) is 23.4. The molecule has 0 aromatic heterocycles. The molecule has 2 aromatic rings. The van der Waals surface area contributed by atoms with E-state index >= 15 is 0 Å². The van der Waals surface area contributed by atoms with E-state index in [2.05, 4.69) is 5.32 Å². The van der Waals surface area contributed by atoms with Crippen molar-refractivity contribution < 1.29 is 28.6 Å². The summed E-state index contributed by atoms with van der Waals surface area (Å²) in [4.78, 5) is 40.8. The molecule has 8 heteroatoms. The number of amides is 2. The first-order valence-corrected chi connectivity index (χ1v) is 13.0. The largest absolute Gasteiger partial charge is 0.467 e. The Kier molecular flexibility index (Phi) is 9.20. The molecular weight excluding hydrogens is 484 g/mol. The second kappa shape index (κ2) is 12.0. The Hall–Kier alpha value is -3.39. The summed E-state index contributed by atoms with van der Waals surface area (Å²) in [5.74, 6) is -0.797. The van der Waals surface area contributed by atoms with Crippen molar-refractivity contribution in [2.24, 2.45) is 5.92 Å². The minimum atomic E-state index is -0.919. The van der Waals surface area contributed by atoms with E-state index in [1.54, 1.807) is 27.9 Å². The van der Waals surface area contributed by atoms with Gasteiger partial charge in [-0.1, -0.05) is 68.4 Å². The topological polar surface area (TPSA) is 94.2 Å². The van der Waals surface area contributed by atoms with Crippen molar-refractivity contribution in [1.82, 2.24) is 10.2 Å². The number of hydrogen-bond acceptors (Lipinski definition) is 6. The average molecular weight is 525 g/mol. The van der Waals surface area contributed by atoms with Gasteiger partial charge in [0, 0.05) is 13.5 Å². The Morgan fingerprint density at radius 3 is 2.13 bits per heavy atom. The van der Waals surface area contributed by atoms with Crippen LogP contribution in [0.15, 0.2) is 54.6 Å². The number of nitrogens with one attached hydrogen (secondary N) is 1. The molecule has 3 rings (SSSR count). The van der Waals surface area contributed by atoms with Gasteiger partial charge in [0.2, 0.25) is 5.91 Å². The summed E-state index contributed by atoms with van der Waals surface area (Å²) in [5.41, 5.74) is 1.36. The van der Waals surface area contributed by atoms with Crippen molar-refractivity contribution in [1.29, 1.82) is 0 Å². The van der Waals surface area contributed by atoms with Gasteiger partial charge >= 0.3 is 12.1 Å². The second-order valence-corrected chi connectivity index (χ2v) is 11.2. The van der Waals surface area contributed by atoms with Crippen molar-refractivity contribution in [2.75, 3.05) is 20.8 Å². The molecule has 0 aliphatic carbocycles. The highest BCUT2D eigenvalue weighted by Gasteiger charge is 2.52. The van der Waals surface area contributed by atoms with Crippen LogP contribution >= 0.6 is 0 Å². The normalized spacial score (nSPS) is 20.2. The molecule has 1 aliphatic rings. The lowest BCUT2D eigenvalue weighted by Crippen LogP contribution is -2.53. The summed E-state index contributed by atoms with van der Waals surface area (Å²) < 4.78 is 16.5. The Morgan fingerprint density at radius 1 is 1.00 bits per heavy atom. The van der Waals surface area contributed by atoms with E-state index in [1.165, 1.54) is 12.0 Å². The van der Waals surface area contributed by atoms with E-state index in [1.807, 2.05) is 68.4 Å². The summed E-state index contributed by atoms with van der Waals surface area (Å²) in [5, 5.41) is 2.72. The van der Waals surface area contributed by atoms with Crippen molar-refractivity contribution in [3.05, 3.63) is 60.2 Å². The maximum Gasteiger partial charge on any atom is 0.408 e. The Labute approximate surface area is 225 Å². The third kappa shape index (κ3) is 6.92. The van der Waals surface area contributed by atoms with Crippen molar-refractivity contribution >= 4 is 18.0 Å². The number of carbonyl (C=O) groups excluding carboxylic acids is 3. The number of likely N-dealkylation sites (tertiary alicyclic amines) is 1. The standard InChI is InChI=1S/C30H40N2O6/c1-20(2)17-24(31-28(35)38-29(3,4)5)26(33)32-19-30(37-7,18-25(32)27(34)36-6)23-15-13-22(14-16-23)21-11-9-8-10-12-21/h8-16,20,24-25H,17-19H2,1-7H3,(H,31,35)/t24?,25-,30-/m0/s1. The molecule has 2 aromatic carbocycles. The maximum atomic E-state index is 13.9. The summed E-state index contributed by atoms with van der Waals surface area (Å²) in [6.45, 7) is 9.34. The molecule has 0 radical (unpaired) electrons. The first kappa shape index (κ1) is 29.2. The van der Waals surface area contributed by atoms with E-state index < -0.39 is 35.3 Å². The molecule has 1 heterocycles. The molecular formula is C30H40N2O6. The highest BCUT2D eigenvalue weighted by Crippen LogP contribution is 2.40. The molecule has 3 atom stereocenters. The fourth-order valence-electron chi connectivity index (χ4n) is 4.87. The quantitative estimate of drug-likeness (QED) is 0.493. The Bertz CT molecular complexity index is 1110. The summed E-state index contributed by atoms with van der Waals surface area (Å²) in [6.07, 6.45) is -0.0680. The number of methoxy groups -OCH3 is 2. The molecule has 1 aliphatic heterocycles. The van der Waals surface area contributed by atoms with Gasteiger partial charge < -0.3 is 24.4 Å². The zero-order valence-electron chi connectivity index (χ0n) is 23.4. The first-order chi connectivity index (χ1) is 17.9. The van der Waals surface area contributed by atoms with Gasteiger partial charge in [-0.3, -0.25) is 4.79 Å². The SMILES string of the molecule is COC(=O)[C@@H]1C[C@@](OC)(c2ccc(-c3ccccc3)cc2)CN1C(=O)C(CC(C)C)NC(=O)OC(C)(C)C. The second-order valence-electron chi connectivity index (χ2n) is 11.2. The Morgan fingerprint density at radius 2 is 1.61 bits per heavy atom. The molecule has 0 saturated carbocycles. The average Bonchev–Trinajstić information content (AvgIpc) is 3.28. The molecule has 1 fully saturated rings. The predicted octanol–water partition coefficient (Wildman–Crippen LogP) is 4.91.